The number of nitriles is 1. The molecule has 1 aromatic rings. The predicted molar refractivity (Wildman–Crippen MR) is 69.1 cm³/mol. The second-order valence-corrected chi connectivity index (χ2v) is 5.50. The van der Waals surface area contributed by atoms with Gasteiger partial charge in [0.15, 0.2) is 0 Å². The second kappa shape index (κ2) is 4.62. The largest absolute Gasteiger partial charge is 0.492 e. The van der Waals surface area contributed by atoms with E-state index < -0.39 is 0 Å². The fraction of sp³-hybridized carbons (Fsp3) is 0.533. The van der Waals surface area contributed by atoms with E-state index in [4.69, 9.17) is 10.00 Å². The third-order valence-corrected chi connectivity index (χ3v) is 4.00. The summed E-state index contributed by atoms with van der Waals surface area (Å²) < 4.78 is 5.77. The van der Waals surface area contributed by atoms with Crippen LogP contribution in [0.3, 0.4) is 0 Å². The summed E-state index contributed by atoms with van der Waals surface area (Å²) in [4.78, 5) is 2.44. The van der Waals surface area contributed by atoms with E-state index in [-0.39, 0.29) is 5.41 Å². The Morgan fingerprint density at radius 1 is 1.33 bits per heavy atom. The number of rotatable bonds is 3. The normalized spacial score (nSPS) is 21.3. The zero-order valence-electron chi connectivity index (χ0n) is 10.6. The van der Waals surface area contributed by atoms with Crippen LogP contribution in [0.4, 0.5) is 0 Å². The van der Waals surface area contributed by atoms with Gasteiger partial charge in [0.1, 0.15) is 12.4 Å². The second-order valence-electron chi connectivity index (χ2n) is 5.50. The molecule has 2 aliphatic rings. The summed E-state index contributed by atoms with van der Waals surface area (Å²) in [5, 5.41) is 8.89. The molecular formula is C15H18N2O. The zero-order chi connectivity index (χ0) is 12.4. The molecule has 18 heavy (non-hydrogen) atoms. The van der Waals surface area contributed by atoms with Crippen molar-refractivity contribution in [2.24, 2.45) is 5.41 Å². The summed E-state index contributed by atoms with van der Waals surface area (Å²) in [6, 6.07) is 10.6. The first kappa shape index (κ1) is 11.6. The van der Waals surface area contributed by atoms with Crippen molar-refractivity contribution in [3.05, 3.63) is 29.8 Å². The molecule has 0 bridgehead atoms. The maximum Gasteiger partial charge on any atom is 0.123 e. The van der Waals surface area contributed by atoms with Crippen LogP contribution in [0.5, 0.6) is 5.75 Å². The third-order valence-electron chi connectivity index (χ3n) is 4.00. The van der Waals surface area contributed by atoms with E-state index in [0.29, 0.717) is 6.42 Å². The van der Waals surface area contributed by atoms with E-state index in [1.165, 1.54) is 18.4 Å². The van der Waals surface area contributed by atoms with Gasteiger partial charge in [0.25, 0.3) is 0 Å². The first-order chi connectivity index (χ1) is 8.81. The molecule has 0 aromatic heterocycles. The number of ether oxygens (including phenoxy) is 1. The number of nitrogens with zero attached hydrogens (tertiary/aromatic N) is 2. The number of hydrogen-bond donors (Lipinski definition) is 0. The molecule has 0 amide bonds. The smallest absolute Gasteiger partial charge is 0.123 e. The van der Waals surface area contributed by atoms with Gasteiger partial charge in [-0.1, -0.05) is 18.2 Å². The predicted octanol–water partition coefficient (Wildman–Crippen LogP) is 2.57. The summed E-state index contributed by atoms with van der Waals surface area (Å²) in [6.07, 6.45) is 3.12. The minimum atomic E-state index is 0.286. The molecule has 3 nitrogen and oxygen atoms in total. The van der Waals surface area contributed by atoms with Crippen molar-refractivity contribution in [2.45, 2.75) is 25.8 Å². The maximum atomic E-state index is 8.89. The fourth-order valence-corrected chi connectivity index (χ4v) is 2.72. The van der Waals surface area contributed by atoms with Crippen LogP contribution in [-0.2, 0) is 6.54 Å². The molecule has 1 saturated carbocycles. The van der Waals surface area contributed by atoms with Crippen LogP contribution in [0.2, 0.25) is 0 Å². The molecule has 0 N–H and O–H groups in total. The Bertz CT molecular complexity index is 474. The molecule has 0 atom stereocenters. The van der Waals surface area contributed by atoms with E-state index in [1.54, 1.807) is 0 Å². The molecule has 1 aliphatic carbocycles. The van der Waals surface area contributed by atoms with Gasteiger partial charge in [-0.3, -0.25) is 4.90 Å². The Balaban J connectivity index is 1.70. The first-order valence-corrected chi connectivity index (χ1v) is 6.61. The standard InChI is InChI=1S/C15H18N2O/c16-8-7-15(5-6-15)12-17-9-10-18-14-4-2-1-3-13(14)11-17/h1-4H,5-7,9-12H2. The highest BCUT2D eigenvalue weighted by Crippen LogP contribution is 2.49. The molecule has 1 heterocycles. The monoisotopic (exact) mass is 242 g/mol. The number of hydrogen-bond acceptors (Lipinski definition) is 3. The Morgan fingerprint density at radius 3 is 2.94 bits per heavy atom. The quantitative estimate of drug-likeness (QED) is 0.817. The topological polar surface area (TPSA) is 36.3 Å². The molecular weight excluding hydrogens is 224 g/mol. The summed E-state index contributed by atoms with van der Waals surface area (Å²) in [5.74, 6) is 1.02. The molecule has 94 valence electrons. The fourth-order valence-electron chi connectivity index (χ4n) is 2.72. The highest BCUT2D eigenvalue weighted by atomic mass is 16.5. The van der Waals surface area contributed by atoms with Crippen LogP contribution in [0.15, 0.2) is 24.3 Å². The van der Waals surface area contributed by atoms with E-state index in [9.17, 15) is 0 Å². The lowest BCUT2D eigenvalue weighted by Crippen LogP contribution is -2.31. The highest BCUT2D eigenvalue weighted by molar-refractivity contribution is 5.33. The summed E-state index contributed by atoms with van der Waals surface area (Å²) in [6.45, 7) is 3.70. The number of benzene rings is 1. The van der Waals surface area contributed by atoms with E-state index >= 15 is 0 Å². The van der Waals surface area contributed by atoms with Crippen LogP contribution < -0.4 is 4.74 Å². The lowest BCUT2D eigenvalue weighted by atomic mass is 10.0. The van der Waals surface area contributed by atoms with Gasteiger partial charge >= 0.3 is 0 Å². The zero-order valence-corrected chi connectivity index (χ0v) is 10.6. The molecule has 3 heteroatoms. The van der Waals surface area contributed by atoms with Crippen LogP contribution >= 0.6 is 0 Å². The molecule has 1 fully saturated rings. The van der Waals surface area contributed by atoms with Crippen LogP contribution in [0, 0.1) is 16.7 Å². The van der Waals surface area contributed by atoms with Crippen LogP contribution in [0.25, 0.3) is 0 Å². The molecule has 1 aromatic carbocycles. The van der Waals surface area contributed by atoms with Crippen molar-refractivity contribution >= 4 is 0 Å². The van der Waals surface area contributed by atoms with Crippen molar-refractivity contribution in [1.29, 1.82) is 5.26 Å². The van der Waals surface area contributed by atoms with Gasteiger partial charge < -0.3 is 4.74 Å². The van der Waals surface area contributed by atoms with Crippen molar-refractivity contribution in [2.75, 3.05) is 19.7 Å². The third kappa shape index (κ3) is 2.34. The number of fused-ring (bicyclic) bond motifs is 1. The first-order valence-electron chi connectivity index (χ1n) is 6.61. The average Bonchev–Trinajstić information content (AvgIpc) is 3.13. The van der Waals surface area contributed by atoms with Crippen molar-refractivity contribution in [3.8, 4) is 11.8 Å². The summed E-state index contributed by atoms with van der Waals surface area (Å²) in [5.41, 5.74) is 1.55. The van der Waals surface area contributed by atoms with Gasteiger partial charge in [0.05, 0.1) is 6.07 Å². The van der Waals surface area contributed by atoms with Crippen LogP contribution in [-0.4, -0.2) is 24.6 Å². The molecule has 3 rings (SSSR count). The molecule has 0 spiro atoms. The van der Waals surface area contributed by atoms with Gasteiger partial charge in [-0.2, -0.15) is 5.26 Å². The summed E-state index contributed by atoms with van der Waals surface area (Å²) in [7, 11) is 0. The molecule has 0 saturated heterocycles. The Hall–Kier alpha value is -1.53. The molecule has 0 radical (unpaired) electrons. The average molecular weight is 242 g/mol. The summed E-state index contributed by atoms with van der Waals surface area (Å²) >= 11 is 0. The van der Waals surface area contributed by atoms with Crippen molar-refractivity contribution in [3.63, 3.8) is 0 Å². The Kier molecular flexibility index (Phi) is 2.97. The molecule has 0 unspecified atom stereocenters. The Morgan fingerprint density at radius 2 is 2.17 bits per heavy atom. The van der Waals surface area contributed by atoms with E-state index in [0.717, 1.165) is 32.0 Å². The minimum absolute atomic E-state index is 0.286. The van der Waals surface area contributed by atoms with Gasteiger partial charge in [-0.15, -0.1) is 0 Å². The highest BCUT2D eigenvalue weighted by Gasteiger charge is 2.43. The van der Waals surface area contributed by atoms with Gasteiger partial charge in [-0.05, 0) is 24.3 Å². The number of para-hydroxylation sites is 1. The van der Waals surface area contributed by atoms with E-state index in [1.807, 2.05) is 12.1 Å². The van der Waals surface area contributed by atoms with Gasteiger partial charge in [0.2, 0.25) is 0 Å². The lowest BCUT2D eigenvalue weighted by Gasteiger charge is -2.24. The van der Waals surface area contributed by atoms with E-state index in [2.05, 4.69) is 23.1 Å². The van der Waals surface area contributed by atoms with Crippen molar-refractivity contribution < 1.29 is 4.74 Å². The SMILES string of the molecule is N#CCC1(CN2CCOc3ccccc3C2)CC1. The van der Waals surface area contributed by atoms with Gasteiger partial charge in [-0.25, -0.2) is 0 Å². The Labute approximate surface area is 108 Å². The van der Waals surface area contributed by atoms with Crippen molar-refractivity contribution in [1.82, 2.24) is 4.90 Å². The van der Waals surface area contributed by atoms with Gasteiger partial charge in [0, 0.05) is 31.6 Å². The van der Waals surface area contributed by atoms with Crippen LogP contribution in [0.1, 0.15) is 24.8 Å². The minimum Gasteiger partial charge on any atom is -0.492 e. The molecule has 1 aliphatic heterocycles. The maximum absolute atomic E-state index is 8.89. The lowest BCUT2D eigenvalue weighted by molar-refractivity contribution is 0.191.